The van der Waals surface area contributed by atoms with Crippen molar-refractivity contribution in [2.24, 2.45) is 0 Å². The van der Waals surface area contributed by atoms with E-state index in [1.165, 1.54) is 24.5 Å². The number of unbranched alkanes of at least 4 members (excludes halogenated alkanes) is 2. The molecule has 1 amide bonds. The summed E-state index contributed by atoms with van der Waals surface area (Å²) in [5, 5.41) is 3.53. The summed E-state index contributed by atoms with van der Waals surface area (Å²) >= 11 is 7.24. The van der Waals surface area contributed by atoms with Crippen molar-refractivity contribution in [3.63, 3.8) is 0 Å². The van der Waals surface area contributed by atoms with E-state index < -0.39 is 15.9 Å². The van der Waals surface area contributed by atoms with E-state index in [4.69, 9.17) is 16.3 Å². The number of benzene rings is 2. The topological polar surface area (TPSA) is 88.6 Å². The molecule has 1 N–H and O–H groups in total. The Bertz CT molecular complexity index is 1220. The van der Waals surface area contributed by atoms with E-state index in [9.17, 15) is 13.2 Å². The Labute approximate surface area is 203 Å². The molecule has 0 saturated heterocycles. The Hall–Kier alpha value is -2.20. The van der Waals surface area contributed by atoms with Crippen LogP contribution < -0.4 is 10.1 Å². The largest absolute Gasteiger partial charge is 0.496 e. The van der Waals surface area contributed by atoms with Gasteiger partial charge < -0.3 is 4.74 Å². The second-order valence-corrected chi connectivity index (χ2v) is 11.0. The van der Waals surface area contributed by atoms with Crippen LogP contribution in [0.1, 0.15) is 49.9 Å². The van der Waals surface area contributed by atoms with Crippen molar-refractivity contribution in [1.82, 2.24) is 9.29 Å². The number of hydrogen-bond acceptors (Lipinski definition) is 6. The summed E-state index contributed by atoms with van der Waals surface area (Å²) in [6.07, 6.45) is 3.47. The van der Waals surface area contributed by atoms with Gasteiger partial charge in [0.05, 0.1) is 27.8 Å². The summed E-state index contributed by atoms with van der Waals surface area (Å²) in [4.78, 5) is 17.4. The molecule has 0 aliphatic carbocycles. The van der Waals surface area contributed by atoms with E-state index in [1.807, 2.05) is 13.8 Å². The maximum Gasteiger partial charge on any atom is 0.261 e. The molecule has 0 spiro atoms. The van der Waals surface area contributed by atoms with Gasteiger partial charge in [0.25, 0.3) is 5.91 Å². The minimum Gasteiger partial charge on any atom is -0.496 e. The number of anilines is 1. The molecule has 1 aromatic heterocycles. The number of ether oxygens (including phenoxy) is 1. The summed E-state index contributed by atoms with van der Waals surface area (Å²) in [6, 6.07) is 9.66. The molecular weight excluding hydrogens is 482 g/mol. The Morgan fingerprint density at radius 3 is 2.45 bits per heavy atom. The van der Waals surface area contributed by atoms with Crippen molar-refractivity contribution in [3.8, 4) is 5.75 Å². The number of sulfonamides is 1. The van der Waals surface area contributed by atoms with Crippen molar-refractivity contribution < 1.29 is 17.9 Å². The van der Waals surface area contributed by atoms with Gasteiger partial charge >= 0.3 is 0 Å². The highest BCUT2D eigenvalue weighted by atomic mass is 35.5. The van der Waals surface area contributed by atoms with E-state index in [2.05, 4.69) is 10.3 Å². The molecule has 10 heteroatoms. The average Bonchev–Trinajstić information content (AvgIpc) is 3.20. The lowest BCUT2D eigenvalue weighted by Gasteiger charge is -2.21. The highest BCUT2D eigenvalue weighted by molar-refractivity contribution is 7.89. The second-order valence-electron chi connectivity index (χ2n) is 7.56. The van der Waals surface area contributed by atoms with E-state index in [-0.39, 0.29) is 10.5 Å². The second kappa shape index (κ2) is 11.3. The fraction of sp³-hybridized carbons (Fsp3) is 0.391. The molecule has 3 aromatic rings. The third kappa shape index (κ3) is 6.03. The van der Waals surface area contributed by atoms with Crippen molar-refractivity contribution in [2.75, 3.05) is 25.5 Å². The SMILES string of the molecule is CCCCN(CCCC)S(=O)(=O)c1ccc2nc(NC(=O)c3cc(Cl)ccc3OC)sc2c1. The number of halogens is 1. The van der Waals surface area contributed by atoms with Crippen LogP contribution in [0, 0.1) is 0 Å². The lowest BCUT2D eigenvalue weighted by atomic mass is 10.2. The third-order valence-electron chi connectivity index (χ3n) is 5.15. The Morgan fingerprint density at radius 1 is 1.12 bits per heavy atom. The predicted octanol–water partition coefficient (Wildman–Crippen LogP) is 5.80. The number of methoxy groups -OCH3 is 1. The summed E-state index contributed by atoms with van der Waals surface area (Å²) in [5.74, 6) is -0.0165. The lowest BCUT2D eigenvalue weighted by Crippen LogP contribution is -2.33. The monoisotopic (exact) mass is 509 g/mol. The van der Waals surface area contributed by atoms with E-state index >= 15 is 0 Å². The van der Waals surface area contributed by atoms with Crippen molar-refractivity contribution in [3.05, 3.63) is 47.0 Å². The predicted molar refractivity (Wildman–Crippen MR) is 134 cm³/mol. The third-order valence-corrected chi connectivity index (χ3v) is 8.21. The molecule has 0 saturated carbocycles. The molecule has 3 rings (SSSR count). The van der Waals surface area contributed by atoms with Crippen LogP contribution in [0.4, 0.5) is 5.13 Å². The first-order valence-corrected chi connectivity index (χ1v) is 13.5. The molecule has 0 radical (unpaired) electrons. The fourth-order valence-electron chi connectivity index (χ4n) is 3.31. The number of carbonyl (C=O) groups is 1. The smallest absolute Gasteiger partial charge is 0.261 e. The van der Waals surface area contributed by atoms with E-state index in [1.54, 1.807) is 34.6 Å². The zero-order valence-corrected chi connectivity index (χ0v) is 21.3. The molecule has 0 bridgehead atoms. The Kier molecular flexibility index (Phi) is 8.69. The van der Waals surface area contributed by atoms with Gasteiger partial charge in [0.2, 0.25) is 10.0 Å². The number of thiazole rings is 1. The van der Waals surface area contributed by atoms with Gasteiger partial charge in [-0.15, -0.1) is 0 Å². The number of nitrogens with one attached hydrogen (secondary N) is 1. The van der Waals surface area contributed by atoms with Gasteiger partial charge in [-0.05, 0) is 49.2 Å². The number of rotatable bonds is 11. The van der Waals surface area contributed by atoms with Crippen LogP contribution >= 0.6 is 22.9 Å². The summed E-state index contributed by atoms with van der Waals surface area (Å²) in [6.45, 7) is 5.09. The molecule has 0 fully saturated rings. The minimum absolute atomic E-state index is 0.236. The number of hydrogen-bond donors (Lipinski definition) is 1. The first-order chi connectivity index (χ1) is 15.8. The number of amides is 1. The molecule has 0 atom stereocenters. The number of fused-ring (bicyclic) bond motifs is 1. The molecule has 33 heavy (non-hydrogen) atoms. The number of carbonyl (C=O) groups excluding carboxylic acids is 1. The number of nitrogens with zero attached hydrogens (tertiary/aromatic N) is 2. The lowest BCUT2D eigenvalue weighted by molar-refractivity contribution is 0.102. The van der Waals surface area contributed by atoms with Gasteiger partial charge in [-0.1, -0.05) is 49.6 Å². The molecule has 7 nitrogen and oxygen atoms in total. The molecule has 2 aromatic carbocycles. The normalized spacial score (nSPS) is 11.8. The van der Waals surface area contributed by atoms with Crippen LogP contribution in [0.25, 0.3) is 10.2 Å². The van der Waals surface area contributed by atoms with Crippen LogP contribution in [0.2, 0.25) is 5.02 Å². The molecule has 0 unspecified atom stereocenters. The first-order valence-electron chi connectivity index (χ1n) is 10.9. The van der Waals surface area contributed by atoms with Gasteiger partial charge in [-0.2, -0.15) is 4.31 Å². The molecule has 1 heterocycles. The summed E-state index contributed by atoms with van der Waals surface area (Å²) in [7, 11) is -2.14. The zero-order valence-electron chi connectivity index (χ0n) is 18.9. The van der Waals surface area contributed by atoms with E-state index in [0.29, 0.717) is 39.2 Å². The van der Waals surface area contributed by atoms with Crippen molar-refractivity contribution in [1.29, 1.82) is 0 Å². The highest BCUT2D eigenvalue weighted by Crippen LogP contribution is 2.31. The molecule has 178 valence electrons. The van der Waals surface area contributed by atoms with Crippen LogP contribution in [0.5, 0.6) is 5.75 Å². The van der Waals surface area contributed by atoms with Gasteiger partial charge in [-0.25, -0.2) is 13.4 Å². The van der Waals surface area contributed by atoms with E-state index in [0.717, 1.165) is 25.7 Å². The standard InChI is InChI=1S/C23H28ClN3O4S2/c1-4-6-12-27(13-7-5-2)33(29,30)17-9-10-19-21(15-17)32-23(25-19)26-22(28)18-14-16(24)8-11-20(18)31-3/h8-11,14-15H,4-7,12-13H2,1-3H3,(H,25,26,28). The highest BCUT2D eigenvalue weighted by Gasteiger charge is 2.24. The summed E-state index contributed by atoms with van der Waals surface area (Å²) < 4.78 is 34.0. The Balaban J connectivity index is 1.87. The van der Waals surface area contributed by atoms with Crippen molar-refractivity contribution >= 4 is 54.2 Å². The van der Waals surface area contributed by atoms with Gasteiger partial charge in [0.15, 0.2) is 5.13 Å². The molecule has 0 aliphatic rings. The molecule has 0 aliphatic heterocycles. The maximum atomic E-state index is 13.3. The van der Waals surface area contributed by atoms with Crippen LogP contribution in [-0.4, -0.2) is 43.8 Å². The molecular formula is C23H28ClN3O4S2. The van der Waals surface area contributed by atoms with Gasteiger partial charge in [-0.3, -0.25) is 10.1 Å². The van der Waals surface area contributed by atoms with Crippen LogP contribution in [-0.2, 0) is 10.0 Å². The first kappa shape index (κ1) is 25.4. The van der Waals surface area contributed by atoms with Crippen molar-refractivity contribution in [2.45, 2.75) is 44.4 Å². The van der Waals surface area contributed by atoms with Gasteiger partial charge in [0, 0.05) is 18.1 Å². The maximum absolute atomic E-state index is 13.3. The minimum atomic E-state index is -3.61. The quantitative estimate of drug-likeness (QED) is 0.353. The zero-order chi connectivity index (χ0) is 24.0. The fourth-order valence-corrected chi connectivity index (χ4v) is 6.00. The average molecular weight is 510 g/mol. The number of aromatic nitrogens is 1. The van der Waals surface area contributed by atoms with Crippen LogP contribution in [0.15, 0.2) is 41.3 Å². The van der Waals surface area contributed by atoms with Crippen LogP contribution in [0.3, 0.4) is 0 Å². The van der Waals surface area contributed by atoms with Gasteiger partial charge in [0.1, 0.15) is 5.75 Å². The summed E-state index contributed by atoms with van der Waals surface area (Å²) in [5.41, 5.74) is 0.899. The Morgan fingerprint density at radius 2 is 1.82 bits per heavy atom.